The number of halogens is 1. The lowest BCUT2D eigenvalue weighted by Crippen LogP contribution is -2.29. The Balaban J connectivity index is 2.26. The number of anilines is 1. The van der Waals surface area contributed by atoms with Crippen LogP contribution in [0, 0.1) is 13.8 Å². The lowest BCUT2D eigenvalue weighted by Gasteiger charge is -2.25. The molecule has 1 aliphatic rings. The van der Waals surface area contributed by atoms with E-state index in [9.17, 15) is 0 Å². The van der Waals surface area contributed by atoms with Crippen LogP contribution in [-0.4, -0.2) is 22.8 Å². The van der Waals surface area contributed by atoms with Crippen molar-refractivity contribution in [1.29, 1.82) is 0 Å². The molecule has 1 saturated carbocycles. The van der Waals surface area contributed by atoms with E-state index in [1.165, 1.54) is 31.2 Å². The van der Waals surface area contributed by atoms with Gasteiger partial charge in [0.15, 0.2) is 11.0 Å². The number of unbranched alkanes of at least 4 members (excludes halogenated alkanes) is 1. The third kappa shape index (κ3) is 2.71. The maximum Gasteiger partial charge on any atom is 0.155 e. The van der Waals surface area contributed by atoms with Crippen molar-refractivity contribution in [1.82, 2.24) is 10.2 Å². The molecule has 0 unspecified atom stereocenters. The Morgan fingerprint density at radius 1 is 1.24 bits per heavy atom. The number of nitrogens with zero attached hydrogens (tertiary/aromatic N) is 3. The first-order valence-electron chi connectivity index (χ1n) is 6.41. The Morgan fingerprint density at radius 3 is 2.53 bits per heavy atom. The predicted octanol–water partition coefficient (Wildman–Crippen LogP) is 3.52. The number of hydrogen-bond donors (Lipinski definition) is 0. The smallest absolute Gasteiger partial charge is 0.155 e. The van der Waals surface area contributed by atoms with E-state index in [1.807, 2.05) is 6.92 Å². The average Bonchev–Trinajstić information content (AvgIpc) is 3.13. The van der Waals surface area contributed by atoms with Gasteiger partial charge in [0.2, 0.25) is 0 Å². The van der Waals surface area contributed by atoms with E-state index in [0.29, 0.717) is 11.2 Å². The number of rotatable bonds is 5. The van der Waals surface area contributed by atoms with Crippen molar-refractivity contribution in [2.75, 3.05) is 11.4 Å². The van der Waals surface area contributed by atoms with Crippen molar-refractivity contribution in [3.63, 3.8) is 0 Å². The molecular weight excluding hydrogens is 234 g/mol. The lowest BCUT2D eigenvalue weighted by atomic mass is 10.2. The van der Waals surface area contributed by atoms with E-state index in [4.69, 9.17) is 11.6 Å². The van der Waals surface area contributed by atoms with Crippen LogP contribution in [-0.2, 0) is 0 Å². The summed E-state index contributed by atoms with van der Waals surface area (Å²) >= 11 is 6.00. The highest BCUT2D eigenvalue weighted by atomic mass is 35.5. The summed E-state index contributed by atoms with van der Waals surface area (Å²) in [6.45, 7) is 7.40. The summed E-state index contributed by atoms with van der Waals surface area (Å²) < 4.78 is 0. The van der Waals surface area contributed by atoms with Crippen molar-refractivity contribution in [3.8, 4) is 0 Å². The second-order valence-electron chi connectivity index (χ2n) is 4.84. The van der Waals surface area contributed by atoms with E-state index in [1.54, 1.807) is 0 Å². The van der Waals surface area contributed by atoms with Gasteiger partial charge in [-0.3, -0.25) is 0 Å². The molecule has 0 atom stereocenters. The second-order valence-corrected chi connectivity index (χ2v) is 5.20. The highest BCUT2D eigenvalue weighted by Crippen LogP contribution is 2.33. The molecule has 2 rings (SSSR count). The van der Waals surface area contributed by atoms with E-state index in [0.717, 1.165) is 17.9 Å². The van der Waals surface area contributed by atoms with E-state index < -0.39 is 0 Å². The molecule has 0 aromatic carbocycles. The number of aromatic nitrogens is 2. The molecule has 17 heavy (non-hydrogen) atoms. The van der Waals surface area contributed by atoms with Crippen LogP contribution in [0.25, 0.3) is 0 Å². The van der Waals surface area contributed by atoms with Crippen LogP contribution in [0.1, 0.15) is 43.7 Å². The molecule has 1 aliphatic carbocycles. The van der Waals surface area contributed by atoms with Crippen molar-refractivity contribution in [2.45, 2.75) is 52.5 Å². The summed E-state index contributed by atoms with van der Waals surface area (Å²) in [6, 6.07) is 0.676. The van der Waals surface area contributed by atoms with Gasteiger partial charge >= 0.3 is 0 Å². The van der Waals surface area contributed by atoms with Crippen molar-refractivity contribution < 1.29 is 0 Å². The predicted molar refractivity (Wildman–Crippen MR) is 71.8 cm³/mol. The molecule has 1 fully saturated rings. The van der Waals surface area contributed by atoms with Gasteiger partial charge < -0.3 is 4.90 Å². The Hall–Kier alpha value is -0.830. The van der Waals surface area contributed by atoms with Gasteiger partial charge in [-0.1, -0.05) is 24.9 Å². The van der Waals surface area contributed by atoms with Crippen LogP contribution in [0.4, 0.5) is 5.82 Å². The fourth-order valence-corrected chi connectivity index (χ4v) is 2.19. The fourth-order valence-electron chi connectivity index (χ4n) is 2.01. The molecule has 1 aromatic rings. The molecule has 3 nitrogen and oxygen atoms in total. The van der Waals surface area contributed by atoms with Gasteiger partial charge in [0.25, 0.3) is 0 Å². The minimum absolute atomic E-state index is 0.525. The quantitative estimate of drug-likeness (QED) is 0.804. The van der Waals surface area contributed by atoms with Crippen LogP contribution in [0.3, 0.4) is 0 Å². The van der Waals surface area contributed by atoms with Crippen LogP contribution < -0.4 is 4.90 Å². The SMILES string of the molecule is CCCCN(c1nnc(Cl)c(C)c1C)C1CC1. The second kappa shape index (κ2) is 5.21. The van der Waals surface area contributed by atoms with Crippen molar-refractivity contribution in [2.24, 2.45) is 0 Å². The largest absolute Gasteiger partial charge is 0.352 e. The monoisotopic (exact) mass is 253 g/mol. The number of hydrogen-bond acceptors (Lipinski definition) is 3. The summed E-state index contributed by atoms with van der Waals surface area (Å²) in [4.78, 5) is 2.41. The first-order valence-corrected chi connectivity index (χ1v) is 6.79. The van der Waals surface area contributed by atoms with Crippen LogP contribution in [0.5, 0.6) is 0 Å². The highest BCUT2D eigenvalue weighted by molar-refractivity contribution is 6.30. The summed E-state index contributed by atoms with van der Waals surface area (Å²) in [6.07, 6.45) is 4.99. The molecule has 0 spiro atoms. The van der Waals surface area contributed by atoms with E-state index in [2.05, 4.69) is 28.9 Å². The molecule has 1 heterocycles. The molecular formula is C13H20ClN3. The van der Waals surface area contributed by atoms with Gasteiger partial charge in [0.05, 0.1) is 0 Å². The van der Waals surface area contributed by atoms with Gasteiger partial charge in [0, 0.05) is 12.6 Å². The molecule has 4 heteroatoms. The first kappa shape index (κ1) is 12.6. The minimum atomic E-state index is 0.525. The van der Waals surface area contributed by atoms with Gasteiger partial charge in [-0.2, -0.15) is 0 Å². The summed E-state index contributed by atoms with van der Waals surface area (Å²) in [5, 5.41) is 8.87. The van der Waals surface area contributed by atoms with Crippen molar-refractivity contribution >= 4 is 17.4 Å². The molecule has 94 valence electrons. The topological polar surface area (TPSA) is 29.0 Å². The maximum absolute atomic E-state index is 6.00. The molecule has 0 aliphatic heterocycles. The zero-order valence-electron chi connectivity index (χ0n) is 10.8. The van der Waals surface area contributed by atoms with Gasteiger partial charge in [-0.25, -0.2) is 0 Å². The Labute approximate surface area is 108 Å². The van der Waals surface area contributed by atoms with E-state index >= 15 is 0 Å². The summed E-state index contributed by atoms with van der Waals surface area (Å²) in [5.41, 5.74) is 2.23. The molecule has 0 radical (unpaired) electrons. The van der Waals surface area contributed by atoms with Crippen LogP contribution >= 0.6 is 11.6 Å². The standard InChI is InChI=1S/C13H20ClN3/c1-4-5-8-17(11-6-7-11)13-10(3)9(2)12(14)15-16-13/h11H,4-8H2,1-3H3. The normalized spacial score (nSPS) is 15.1. The highest BCUT2D eigenvalue weighted by Gasteiger charge is 2.31. The summed E-state index contributed by atoms with van der Waals surface area (Å²) in [5.74, 6) is 1.03. The van der Waals surface area contributed by atoms with Crippen LogP contribution in [0.2, 0.25) is 5.15 Å². The Morgan fingerprint density at radius 2 is 1.94 bits per heavy atom. The molecule has 1 aromatic heterocycles. The van der Waals surface area contributed by atoms with Gasteiger partial charge in [-0.15, -0.1) is 10.2 Å². The van der Waals surface area contributed by atoms with Crippen LogP contribution in [0.15, 0.2) is 0 Å². The summed E-state index contributed by atoms with van der Waals surface area (Å²) in [7, 11) is 0. The first-order chi connectivity index (χ1) is 8.15. The molecule has 0 amide bonds. The molecule has 0 saturated heterocycles. The molecule has 0 N–H and O–H groups in total. The van der Waals surface area contributed by atoms with Gasteiger partial charge in [0.1, 0.15) is 0 Å². The third-order valence-corrected chi connectivity index (χ3v) is 3.81. The maximum atomic E-state index is 6.00. The lowest BCUT2D eigenvalue weighted by molar-refractivity contribution is 0.695. The minimum Gasteiger partial charge on any atom is -0.352 e. The average molecular weight is 254 g/mol. The molecule has 0 bridgehead atoms. The zero-order valence-corrected chi connectivity index (χ0v) is 11.6. The van der Waals surface area contributed by atoms with E-state index in [-0.39, 0.29) is 0 Å². The Bertz CT molecular complexity index is 402. The van der Waals surface area contributed by atoms with Crippen molar-refractivity contribution in [3.05, 3.63) is 16.3 Å². The zero-order chi connectivity index (χ0) is 12.4. The fraction of sp³-hybridized carbons (Fsp3) is 0.692. The van der Waals surface area contributed by atoms with Gasteiger partial charge in [-0.05, 0) is 44.2 Å². The third-order valence-electron chi connectivity index (χ3n) is 3.45. The Kier molecular flexibility index (Phi) is 3.87.